The minimum absolute atomic E-state index is 0.0162. The zero-order valence-electron chi connectivity index (χ0n) is 13.7. The van der Waals surface area contributed by atoms with Gasteiger partial charge in [-0.2, -0.15) is 0 Å². The van der Waals surface area contributed by atoms with Gasteiger partial charge in [0, 0.05) is 36.5 Å². The number of benzene rings is 1. The second-order valence-electron chi connectivity index (χ2n) is 5.90. The first kappa shape index (κ1) is 14.7. The number of rotatable bonds is 3. The maximum atomic E-state index is 12.8. The normalized spacial score (nSPS) is 14.0. The molecule has 7 heteroatoms. The van der Waals surface area contributed by atoms with Crippen LogP contribution in [-0.2, 0) is 19.5 Å². The summed E-state index contributed by atoms with van der Waals surface area (Å²) in [6.07, 6.45) is 0.852. The van der Waals surface area contributed by atoms with Gasteiger partial charge in [0.1, 0.15) is 17.3 Å². The quantitative estimate of drug-likeness (QED) is 0.799. The minimum Gasteiger partial charge on any atom is -0.497 e. The van der Waals surface area contributed by atoms with Gasteiger partial charge in [0.15, 0.2) is 5.82 Å². The molecule has 0 aliphatic carbocycles. The van der Waals surface area contributed by atoms with Crippen molar-refractivity contribution in [1.29, 1.82) is 0 Å². The highest BCUT2D eigenvalue weighted by molar-refractivity contribution is 5.98. The third-order valence-electron chi connectivity index (χ3n) is 4.49. The predicted octanol–water partition coefficient (Wildman–Crippen LogP) is 1.99. The van der Waals surface area contributed by atoms with Gasteiger partial charge in [-0.1, -0.05) is 6.92 Å². The number of carbonyl (C=O) groups is 1. The molecule has 3 aromatic rings. The number of aromatic amines is 1. The molecular formula is C17H19N5O2. The molecule has 7 nitrogen and oxygen atoms in total. The second kappa shape index (κ2) is 5.67. The number of carbonyl (C=O) groups excluding carboxylic acids is 1. The van der Waals surface area contributed by atoms with Gasteiger partial charge in [0.25, 0.3) is 5.91 Å². The van der Waals surface area contributed by atoms with Crippen molar-refractivity contribution in [2.24, 2.45) is 0 Å². The molecule has 0 unspecified atom stereocenters. The molecular weight excluding hydrogens is 306 g/mol. The zero-order chi connectivity index (χ0) is 16.7. The Hall–Kier alpha value is -2.83. The fourth-order valence-corrected chi connectivity index (χ4v) is 3.17. The molecule has 1 aliphatic heterocycles. The van der Waals surface area contributed by atoms with E-state index in [1.54, 1.807) is 7.11 Å². The third-order valence-corrected chi connectivity index (χ3v) is 4.49. The summed E-state index contributed by atoms with van der Waals surface area (Å²) in [6.45, 7) is 3.96. The Morgan fingerprint density at radius 3 is 2.96 bits per heavy atom. The molecule has 1 N–H and O–H groups in total. The van der Waals surface area contributed by atoms with E-state index in [2.05, 4.69) is 26.7 Å². The summed E-state index contributed by atoms with van der Waals surface area (Å²) in [7, 11) is 1.63. The molecule has 4 rings (SSSR count). The lowest BCUT2D eigenvalue weighted by molar-refractivity contribution is 0.0701. The molecule has 3 heterocycles. The smallest absolute Gasteiger partial charge is 0.270 e. The van der Waals surface area contributed by atoms with Crippen LogP contribution in [0.5, 0.6) is 5.75 Å². The topological polar surface area (TPSA) is 76.0 Å². The van der Waals surface area contributed by atoms with E-state index >= 15 is 0 Å². The summed E-state index contributed by atoms with van der Waals surface area (Å²) in [6, 6.07) is 7.61. The molecule has 0 radical (unpaired) electrons. The van der Waals surface area contributed by atoms with Crippen LogP contribution in [0, 0.1) is 0 Å². The van der Waals surface area contributed by atoms with Crippen LogP contribution in [0.4, 0.5) is 0 Å². The van der Waals surface area contributed by atoms with Crippen molar-refractivity contribution in [1.82, 2.24) is 24.6 Å². The monoisotopic (exact) mass is 325 g/mol. The first-order valence-electron chi connectivity index (χ1n) is 8.06. The number of ether oxygens (including phenoxy) is 1. The molecule has 0 atom stereocenters. The van der Waals surface area contributed by atoms with E-state index in [0.717, 1.165) is 41.3 Å². The van der Waals surface area contributed by atoms with E-state index in [-0.39, 0.29) is 5.91 Å². The lowest BCUT2D eigenvalue weighted by atomic mass is 10.2. The summed E-state index contributed by atoms with van der Waals surface area (Å²) in [5, 5.41) is 9.39. The summed E-state index contributed by atoms with van der Waals surface area (Å²) < 4.78 is 7.34. The lowest BCUT2D eigenvalue weighted by Gasteiger charge is -2.27. The summed E-state index contributed by atoms with van der Waals surface area (Å²) in [5.41, 5.74) is 1.48. The molecule has 0 saturated carbocycles. The van der Waals surface area contributed by atoms with Crippen LogP contribution in [0.2, 0.25) is 0 Å². The zero-order valence-corrected chi connectivity index (χ0v) is 13.7. The average Bonchev–Trinajstić information content (AvgIpc) is 3.23. The fraction of sp³-hybridized carbons (Fsp3) is 0.353. The SMILES string of the molecule is CCc1nnc2n1CCN(C(=O)c1cc3ccc(OC)cc3[nH]1)C2. The largest absolute Gasteiger partial charge is 0.497 e. The number of H-pyrrole nitrogens is 1. The summed E-state index contributed by atoms with van der Waals surface area (Å²) in [4.78, 5) is 17.8. The van der Waals surface area contributed by atoms with Crippen LogP contribution in [0.15, 0.2) is 24.3 Å². The number of methoxy groups -OCH3 is 1. The number of hydrogen-bond acceptors (Lipinski definition) is 4. The number of aromatic nitrogens is 4. The average molecular weight is 325 g/mol. The van der Waals surface area contributed by atoms with E-state index in [9.17, 15) is 4.79 Å². The van der Waals surface area contributed by atoms with E-state index in [1.807, 2.05) is 29.2 Å². The van der Waals surface area contributed by atoms with Crippen LogP contribution in [0.25, 0.3) is 10.9 Å². The first-order valence-corrected chi connectivity index (χ1v) is 8.06. The highest BCUT2D eigenvalue weighted by atomic mass is 16.5. The van der Waals surface area contributed by atoms with Crippen molar-refractivity contribution in [3.05, 3.63) is 41.6 Å². The highest BCUT2D eigenvalue weighted by Gasteiger charge is 2.25. The van der Waals surface area contributed by atoms with Crippen molar-refractivity contribution in [2.45, 2.75) is 26.4 Å². The standard InChI is InChI=1S/C17H19N5O2/c1-3-15-19-20-16-10-21(6-7-22(15)16)17(23)14-8-11-4-5-12(24-2)9-13(11)18-14/h4-5,8-9,18H,3,6-7,10H2,1-2H3. The number of amides is 1. The van der Waals surface area contributed by atoms with Gasteiger partial charge in [-0.3, -0.25) is 4.79 Å². The third kappa shape index (κ3) is 2.33. The van der Waals surface area contributed by atoms with Crippen molar-refractivity contribution in [2.75, 3.05) is 13.7 Å². The molecule has 0 saturated heterocycles. The van der Waals surface area contributed by atoms with Gasteiger partial charge in [-0.15, -0.1) is 10.2 Å². The Labute approximate surface area is 139 Å². The van der Waals surface area contributed by atoms with Crippen LogP contribution >= 0.6 is 0 Å². The molecule has 1 aromatic carbocycles. The van der Waals surface area contributed by atoms with E-state index in [0.29, 0.717) is 18.8 Å². The van der Waals surface area contributed by atoms with Gasteiger partial charge >= 0.3 is 0 Å². The van der Waals surface area contributed by atoms with Gasteiger partial charge in [0.2, 0.25) is 0 Å². The van der Waals surface area contributed by atoms with Gasteiger partial charge < -0.3 is 19.2 Å². The lowest BCUT2D eigenvalue weighted by Crippen LogP contribution is -2.38. The number of nitrogens with one attached hydrogen (secondary N) is 1. The summed E-state index contributed by atoms with van der Waals surface area (Å²) >= 11 is 0. The van der Waals surface area contributed by atoms with Gasteiger partial charge in [-0.25, -0.2) is 0 Å². The van der Waals surface area contributed by atoms with Crippen molar-refractivity contribution in [3.8, 4) is 5.75 Å². The van der Waals surface area contributed by atoms with E-state index in [4.69, 9.17) is 4.74 Å². The van der Waals surface area contributed by atoms with Crippen LogP contribution < -0.4 is 4.74 Å². The fourth-order valence-electron chi connectivity index (χ4n) is 3.17. The molecule has 24 heavy (non-hydrogen) atoms. The molecule has 0 fully saturated rings. The number of fused-ring (bicyclic) bond motifs is 2. The predicted molar refractivity (Wildman–Crippen MR) is 89.0 cm³/mol. The Morgan fingerprint density at radius 1 is 1.29 bits per heavy atom. The van der Waals surface area contributed by atoms with Crippen molar-refractivity contribution >= 4 is 16.8 Å². The molecule has 1 amide bonds. The van der Waals surface area contributed by atoms with Crippen LogP contribution in [0.1, 0.15) is 29.1 Å². The first-order chi connectivity index (χ1) is 11.7. The highest BCUT2D eigenvalue weighted by Crippen LogP contribution is 2.23. The number of aryl methyl sites for hydroxylation is 1. The van der Waals surface area contributed by atoms with Crippen molar-refractivity contribution < 1.29 is 9.53 Å². The molecule has 2 aromatic heterocycles. The van der Waals surface area contributed by atoms with E-state index < -0.39 is 0 Å². The Morgan fingerprint density at radius 2 is 2.17 bits per heavy atom. The Kier molecular flexibility index (Phi) is 3.48. The molecule has 0 spiro atoms. The second-order valence-corrected chi connectivity index (χ2v) is 5.90. The Bertz CT molecular complexity index is 911. The number of hydrogen-bond donors (Lipinski definition) is 1. The van der Waals surface area contributed by atoms with Gasteiger partial charge in [0.05, 0.1) is 13.7 Å². The Balaban J connectivity index is 1.60. The van der Waals surface area contributed by atoms with Crippen LogP contribution in [-0.4, -0.2) is 44.2 Å². The molecule has 124 valence electrons. The van der Waals surface area contributed by atoms with Gasteiger partial charge in [-0.05, 0) is 18.2 Å². The summed E-state index contributed by atoms with van der Waals surface area (Å²) in [5.74, 6) is 2.58. The van der Waals surface area contributed by atoms with Crippen LogP contribution in [0.3, 0.4) is 0 Å². The van der Waals surface area contributed by atoms with Crippen molar-refractivity contribution in [3.63, 3.8) is 0 Å². The maximum Gasteiger partial charge on any atom is 0.270 e. The number of nitrogens with zero attached hydrogens (tertiary/aromatic N) is 4. The molecule has 1 aliphatic rings. The molecule has 0 bridgehead atoms. The maximum absolute atomic E-state index is 12.8. The minimum atomic E-state index is -0.0162. The van der Waals surface area contributed by atoms with E-state index in [1.165, 1.54) is 0 Å².